The summed E-state index contributed by atoms with van der Waals surface area (Å²) in [6, 6.07) is 15.8. The lowest BCUT2D eigenvalue weighted by Gasteiger charge is -2.29. The molecule has 0 aliphatic heterocycles. The molecule has 0 heterocycles. The first-order chi connectivity index (χ1) is 13.1. The standard InChI is InChI=1S/C21H30N4O2/c1-5-25(6-2)20(16-9-7-11-18(13-16)26-3)15-23-21(22)24-17-10-8-12-19(14-17)27-4/h7-14,20H,5-6,15H2,1-4H3,(H3,22,23,24). The van der Waals surface area contributed by atoms with Crippen LogP contribution in [0, 0.1) is 0 Å². The first kappa shape index (κ1) is 20.6. The van der Waals surface area contributed by atoms with Crippen molar-refractivity contribution in [2.24, 2.45) is 10.7 Å². The summed E-state index contributed by atoms with van der Waals surface area (Å²) < 4.78 is 10.6. The summed E-state index contributed by atoms with van der Waals surface area (Å²) in [6.07, 6.45) is 0. The Morgan fingerprint density at radius 1 is 1.04 bits per heavy atom. The summed E-state index contributed by atoms with van der Waals surface area (Å²) in [7, 11) is 3.32. The number of nitrogens with two attached hydrogens (primary N) is 1. The molecule has 3 N–H and O–H groups in total. The zero-order valence-electron chi connectivity index (χ0n) is 16.6. The molecule has 0 amide bonds. The highest BCUT2D eigenvalue weighted by Gasteiger charge is 2.18. The number of rotatable bonds is 9. The van der Waals surface area contributed by atoms with Crippen molar-refractivity contribution >= 4 is 11.6 Å². The molecule has 0 fully saturated rings. The van der Waals surface area contributed by atoms with Gasteiger partial charge in [-0.05, 0) is 42.9 Å². The number of anilines is 1. The van der Waals surface area contributed by atoms with Gasteiger partial charge in [0.25, 0.3) is 0 Å². The predicted molar refractivity (Wildman–Crippen MR) is 112 cm³/mol. The molecular formula is C21H30N4O2. The number of nitrogens with zero attached hydrogens (tertiary/aromatic N) is 2. The van der Waals surface area contributed by atoms with Crippen LogP contribution in [0.2, 0.25) is 0 Å². The Kier molecular flexibility index (Phi) is 7.95. The highest BCUT2D eigenvalue weighted by Crippen LogP contribution is 2.25. The average Bonchev–Trinajstić information content (AvgIpc) is 2.71. The summed E-state index contributed by atoms with van der Waals surface area (Å²) >= 11 is 0. The van der Waals surface area contributed by atoms with Gasteiger partial charge in [0.05, 0.1) is 26.8 Å². The van der Waals surface area contributed by atoms with E-state index in [2.05, 4.69) is 41.2 Å². The molecule has 146 valence electrons. The molecule has 1 unspecified atom stereocenters. The summed E-state index contributed by atoms with van der Waals surface area (Å²) in [4.78, 5) is 6.94. The van der Waals surface area contributed by atoms with Crippen molar-refractivity contribution in [3.05, 3.63) is 54.1 Å². The molecule has 0 saturated carbocycles. The van der Waals surface area contributed by atoms with E-state index in [0.717, 1.165) is 35.8 Å². The maximum Gasteiger partial charge on any atom is 0.193 e. The van der Waals surface area contributed by atoms with Crippen molar-refractivity contribution in [2.45, 2.75) is 19.9 Å². The number of guanidine groups is 1. The third-order valence-corrected chi connectivity index (χ3v) is 4.51. The van der Waals surface area contributed by atoms with E-state index in [4.69, 9.17) is 15.2 Å². The fourth-order valence-electron chi connectivity index (χ4n) is 3.02. The molecule has 0 spiro atoms. The Bertz CT molecular complexity index is 744. The first-order valence-electron chi connectivity index (χ1n) is 9.20. The zero-order valence-corrected chi connectivity index (χ0v) is 16.6. The minimum atomic E-state index is 0.126. The van der Waals surface area contributed by atoms with Gasteiger partial charge >= 0.3 is 0 Å². The van der Waals surface area contributed by atoms with Crippen molar-refractivity contribution in [3.63, 3.8) is 0 Å². The van der Waals surface area contributed by atoms with Gasteiger partial charge in [0.1, 0.15) is 11.5 Å². The van der Waals surface area contributed by atoms with Crippen LogP contribution in [0.3, 0.4) is 0 Å². The van der Waals surface area contributed by atoms with Crippen molar-refractivity contribution in [2.75, 3.05) is 39.2 Å². The number of benzene rings is 2. The SMILES string of the molecule is CCN(CC)C(CN=C(N)Nc1cccc(OC)c1)c1cccc(OC)c1. The van der Waals surface area contributed by atoms with Gasteiger partial charge in [-0.1, -0.05) is 32.0 Å². The van der Waals surface area contributed by atoms with Crippen LogP contribution in [0.15, 0.2) is 53.5 Å². The quantitative estimate of drug-likeness (QED) is 0.522. The highest BCUT2D eigenvalue weighted by molar-refractivity contribution is 5.92. The van der Waals surface area contributed by atoms with Gasteiger partial charge in [-0.25, -0.2) is 0 Å². The number of ether oxygens (including phenoxy) is 2. The molecule has 0 aliphatic carbocycles. The highest BCUT2D eigenvalue weighted by atomic mass is 16.5. The van der Waals surface area contributed by atoms with E-state index in [0.29, 0.717) is 12.5 Å². The van der Waals surface area contributed by atoms with Crippen molar-refractivity contribution in [1.82, 2.24) is 4.90 Å². The number of methoxy groups -OCH3 is 2. The monoisotopic (exact) mass is 370 g/mol. The molecule has 1 atom stereocenters. The Morgan fingerprint density at radius 2 is 1.67 bits per heavy atom. The topological polar surface area (TPSA) is 72.1 Å². The molecule has 27 heavy (non-hydrogen) atoms. The molecule has 2 aromatic carbocycles. The third kappa shape index (κ3) is 5.89. The Labute approximate surface area is 162 Å². The second-order valence-corrected chi connectivity index (χ2v) is 6.10. The van der Waals surface area contributed by atoms with Crippen LogP contribution >= 0.6 is 0 Å². The molecule has 6 heteroatoms. The van der Waals surface area contributed by atoms with Gasteiger partial charge in [-0.15, -0.1) is 0 Å². The van der Waals surface area contributed by atoms with Crippen molar-refractivity contribution in [3.8, 4) is 11.5 Å². The minimum absolute atomic E-state index is 0.126. The Balaban J connectivity index is 2.17. The Morgan fingerprint density at radius 3 is 2.30 bits per heavy atom. The minimum Gasteiger partial charge on any atom is -0.497 e. The predicted octanol–water partition coefficient (Wildman–Crippen LogP) is 3.51. The van der Waals surface area contributed by atoms with E-state index in [1.54, 1.807) is 14.2 Å². The van der Waals surface area contributed by atoms with Crippen molar-refractivity contribution in [1.29, 1.82) is 0 Å². The lowest BCUT2D eigenvalue weighted by atomic mass is 10.0. The number of likely N-dealkylation sites (N-methyl/N-ethyl adjacent to an activating group) is 1. The molecule has 2 rings (SSSR count). The van der Waals surface area contributed by atoms with Gasteiger partial charge in [-0.2, -0.15) is 0 Å². The first-order valence-corrected chi connectivity index (χ1v) is 9.20. The lowest BCUT2D eigenvalue weighted by molar-refractivity contribution is 0.224. The maximum atomic E-state index is 6.12. The molecule has 0 saturated heterocycles. The summed E-state index contributed by atoms with van der Waals surface area (Å²) in [5, 5.41) is 3.13. The summed E-state index contributed by atoms with van der Waals surface area (Å²) in [5.41, 5.74) is 8.12. The largest absolute Gasteiger partial charge is 0.497 e. The molecular weight excluding hydrogens is 340 g/mol. The smallest absolute Gasteiger partial charge is 0.193 e. The number of hydrogen-bond donors (Lipinski definition) is 2. The second-order valence-electron chi connectivity index (χ2n) is 6.10. The van der Waals surface area contributed by atoms with E-state index < -0.39 is 0 Å². The van der Waals surface area contributed by atoms with Crippen LogP contribution in [0.25, 0.3) is 0 Å². The molecule has 0 radical (unpaired) electrons. The molecule has 0 bridgehead atoms. The lowest BCUT2D eigenvalue weighted by Crippen LogP contribution is -2.32. The maximum absolute atomic E-state index is 6.12. The van der Waals surface area contributed by atoms with Crippen LogP contribution in [-0.4, -0.2) is 44.7 Å². The molecule has 2 aromatic rings. The van der Waals surface area contributed by atoms with Gasteiger partial charge in [-0.3, -0.25) is 9.89 Å². The average molecular weight is 370 g/mol. The number of hydrogen-bond acceptors (Lipinski definition) is 4. The normalized spacial score (nSPS) is 12.7. The molecule has 0 aliphatic rings. The summed E-state index contributed by atoms with van der Waals surface area (Å²) in [5.74, 6) is 1.99. The van der Waals surface area contributed by atoms with E-state index in [-0.39, 0.29) is 6.04 Å². The van der Waals surface area contributed by atoms with Gasteiger partial charge < -0.3 is 20.5 Å². The second kappa shape index (κ2) is 10.4. The van der Waals surface area contributed by atoms with Crippen LogP contribution in [0.4, 0.5) is 5.69 Å². The van der Waals surface area contributed by atoms with Crippen molar-refractivity contribution < 1.29 is 9.47 Å². The van der Waals surface area contributed by atoms with E-state index in [9.17, 15) is 0 Å². The Hall–Kier alpha value is -2.73. The zero-order chi connectivity index (χ0) is 19.6. The van der Waals surface area contributed by atoms with Crippen LogP contribution in [-0.2, 0) is 0 Å². The van der Waals surface area contributed by atoms with Crippen LogP contribution in [0.1, 0.15) is 25.5 Å². The fourth-order valence-corrected chi connectivity index (χ4v) is 3.02. The molecule has 0 aromatic heterocycles. The number of nitrogens with one attached hydrogen (secondary N) is 1. The third-order valence-electron chi connectivity index (χ3n) is 4.51. The van der Waals surface area contributed by atoms with Crippen LogP contribution < -0.4 is 20.5 Å². The van der Waals surface area contributed by atoms with Gasteiger partial charge in [0.2, 0.25) is 0 Å². The van der Waals surface area contributed by atoms with Crippen LogP contribution in [0.5, 0.6) is 11.5 Å². The fraction of sp³-hybridized carbons (Fsp3) is 0.381. The number of aliphatic imine (C=N–C) groups is 1. The van der Waals surface area contributed by atoms with Gasteiger partial charge in [0.15, 0.2) is 5.96 Å². The summed E-state index contributed by atoms with van der Waals surface area (Å²) in [6.45, 7) is 6.71. The van der Waals surface area contributed by atoms with E-state index in [1.807, 2.05) is 36.4 Å². The van der Waals surface area contributed by atoms with Gasteiger partial charge in [0, 0.05) is 11.8 Å². The molecule has 6 nitrogen and oxygen atoms in total. The van der Waals surface area contributed by atoms with E-state index >= 15 is 0 Å². The van der Waals surface area contributed by atoms with E-state index in [1.165, 1.54) is 0 Å².